The van der Waals surface area contributed by atoms with E-state index in [2.05, 4.69) is 4.98 Å². The van der Waals surface area contributed by atoms with Crippen LogP contribution in [0.3, 0.4) is 0 Å². The second-order valence-electron chi connectivity index (χ2n) is 3.77. The Kier molecular flexibility index (Phi) is 3.79. The standard InChI is InChI=1S/C13H12ClN3S/c1-17(12-6-7-16-8-10(12)14)11-5-3-2-4-9(11)13(15)18/h2-8H,1H3,(H2,15,18). The smallest absolute Gasteiger partial charge is 0.106 e. The van der Waals surface area contributed by atoms with E-state index in [4.69, 9.17) is 29.6 Å². The zero-order chi connectivity index (χ0) is 13.1. The lowest BCUT2D eigenvalue weighted by Crippen LogP contribution is -2.17. The van der Waals surface area contributed by atoms with Crippen LogP contribution in [-0.2, 0) is 0 Å². The number of benzene rings is 1. The molecule has 2 N–H and O–H groups in total. The fraction of sp³-hybridized carbons (Fsp3) is 0.0769. The van der Waals surface area contributed by atoms with E-state index in [-0.39, 0.29) is 0 Å². The summed E-state index contributed by atoms with van der Waals surface area (Å²) in [4.78, 5) is 6.28. The lowest BCUT2D eigenvalue weighted by atomic mass is 10.1. The maximum absolute atomic E-state index is 6.13. The lowest BCUT2D eigenvalue weighted by molar-refractivity contribution is 1.18. The Morgan fingerprint density at radius 2 is 2.00 bits per heavy atom. The summed E-state index contributed by atoms with van der Waals surface area (Å²) in [5.74, 6) is 0. The topological polar surface area (TPSA) is 42.2 Å². The van der Waals surface area contributed by atoms with E-state index in [0.717, 1.165) is 16.9 Å². The van der Waals surface area contributed by atoms with Gasteiger partial charge < -0.3 is 10.6 Å². The molecule has 0 aliphatic carbocycles. The number of aromatic nitrogens is 1. The lowest BCUT2D eigenvalue weighted by Gasteiger charge is -2.22. The average Bonchev–Trinajstić information content (AvgIpc) is 2.38. The Bertz CT molecular complexity index is 586. The number of pyridine rings is 1. The number of anilines is 2. The van der Waals surface area contributed by atoms with Crippen LogP contribution < -0.4 is 10.6 Å². The molecule has 18 heavy (non-hydrogen) atoms. The Morgan fingerprint density at radius 3 is 2.67 bits per heavy atom. The first-order valence-electron chi connectivity index (χ1n) is 5.33. The maximum atomic E-state index is 6.13. The molecule has 0 amide bonds. The number of hydrogen-bond acceptors (Lipinski definition) is 3. The van der Waals surface area contributed by atoms with Gasteiger partial charge in [-0.2, -0.15) is 0 Å². The minimum absolute atomic E-state index is 0.364. The number of halogens is 1. The predicted molar refractivity (Wildman–Crippen MR) is 79.6 cm³/mol. The second kappa shape index (κ2) is 5.33. The first kappa shape index (κ1) is 12.8. The van der Waals surface area contributed by atoms with Gasteiger partial charge in [0.1, 0.15) is 4.99 Å². The summed E-state index contributed by atoms with van der Waals surface area (Å²) in [6, 6.07) is 9.52. The number of hydrogen-bond donors (Lipinski definition) is 1. The summed E-state index contributed by atoms with van der Waals surface area (Å²) >= 11 is 11.2. The number of nitrogens with zero attached hydrogens (tertiary/aromatic N) is 2. The van der Waals surface area contributed by atoms with Crippen molar-refractivity contribution in [1.29, 1.82) is 0 Å². The molecule has 2 rings (SSSR count). The van der Waals surface area contributed by atoms with Crippen molar-refractivity contribution in [2.24, 2.45) is 5.73 Å². The summed E-state index contributed by atoms with van der Waals surface area (Å²) in [6.45, 7) is 0. The summed E-state index contributed by atoms with van der Waals surface area (Å²) in [5.41, 5.74) is 8.32. The van der Waals surface area contributed by atoms with E-state index in [1.54, 1.807) is 12.4 Å². The van der Waals surface area contributed by atoms with E-state index in [1.165, 1.54) is 0 Å². The third kappa shape index (κ3) is 2.44. The maximum Gasteiger partial charge on any atom is 0.106 e. The Balaban J connectivity index is 2.50. The Hall–Kier alpha value is -1.65. The van der Waals surface area contributed by atoms with E-state index in [0.29, 0.717) is 10.0 Å². The van der Waals surface area contributed by atoms with Gasteiger partial charge in [-0.3, -0.25) is 4.98 Å². The Labute approximate surface area is 116 Å². The van der Waals surface area contributed by atoms with Crippen molar-refractivity contribution in [1.82, 2.24) is 4.98 Å². The van der Waals surface area contributed by atoms with Crippen molar-refractivity contribution in [2.45, 2.75) is 0 Å². The van der Waals surface area contributed by atoms with E-state index in [9.17, 15) is 0 Å². The molecule has 1 aromatic carbocycles. The van der Waals surface area contributed by atoms with Gasteiger partial charge in [0.25, 0.3) is 0 Å². The molecular formula is C13H12ClN3S. The number of rotatable bonds is 3. The SMILES string of the molecule is CN(c1ccncc1Cl)c1ccccc1C(N)=S. The van der Waals surface area contributed by atoms with Crippen LogP contribution in [-0.4, -0.2) is 17.0 Å². The van der Waals surface area contributed by atoms with Gasteiger partial charge >= 0.3 is 0 Å². The quantitative estimate of drug-likeness (QED) is 0.875. The first-order chi connectivity index (χ1) is 8.61. The molecule has 0 bridgehead atoms. The summed E-state index contributed by atoms with van der Waals surface area (Å²) in [5, 5.41) is 0.581. The van der Waals surface area contributed by atoms with Crippen molar-refractivity contribution in [2.75, 3.05) is 11.9 Å². The third-order valence-electron chi connectivity index (χ3n) is 2.64. The van der Waals surface area contributed by atoms with E-state index in [1.807, 2.05) is 42.3 Å². The van der Waals surface area contributed by atoms with E-state index < -0.39 is 0 Å². The third-order valence-corrected chi connectivity index (χ3v) is 3.15. The predicted octanol–water partition coefficient (Wildman–Crippen LogP) is 3.14. The molecule has 2 aromatic rings. The van der Waals surface area contributed by atoms with Crippen molar-refractivity contribution in [3.8, 4) is 0 Å². The molecule has 0 fully saturated rings. The second-order valence-corrected chi connectivity index (χ2v) is 4.61. The molecule has 0 atom stereocenters. The highest BCUT2D eigenvalue weighted by atomic mass is 35.5. The summed E-state index contributed by atoms with van der Waals surface area (Å²) in [7, 11) is 1.92. The zero-order valence-corrected chi connectivity index (χ0v) is 11.4. The van der Waals surface area contributed by atoms with Crippen LogP contribution in [0.15, 0.2) is 42.7 Å². The van der Waals surface area contributed by atoms with Crippen LogP contribution in [0.1, 0.15) is 5.56 Å². The van der Waals surface area contributed by atoms with Crippen LogP contribution in [0.5, 0.6) is 0 Å². The molecule has 1 aromatic heterocycles. The molecule has 0 unspecified atom stereocenters. The molecule has 0 aliphatic heterocycles. The summed E-state index contributed by atoms with van der Waals surface area (Å²) in [6.07, 6.45) is 3.30. The van der Waals surface area contributed by atoms with Gasteiger partial charge in [0, 0.05) is 25.0 Å². The summed E-state index contributed by atoms with van der Waals surface area (Å²) < 4.78 is 0. The van der Waals surface area contributed by atoms with Crippen molar-refractivity contribution in [3.63, 3.8) is 0 Å². The van der Waals surface area contributed by atoms with Crippen molar-refractivity contribution < 1.29 is 0 Å². The monoisotopic (exact) mass is 277 g/mol. The number of thiocarbonyl (C=S) groups is 1. The van der Waals surface area contributed by atoms with E-state index >= 15 is 0 Å². The molecule has 3 nitrogen and oxygen atoms in total. The van der Waals surface area contributed by atoms with Crippen LogP contribution in [0, 0.1) is 0 Å². The molecule has 92 valence electrons. The highest BCUT2D eigenvalue weighted by molar-refractivity contribution is 7.80. The Morgan fingerprint density at radius 1 is 1.28 bits per heavy atom. The van der Waals surface area contributed by atoms with Gasteiger partial charge in [-0.05, 0) is 18.2 Å². The number of nitrogens with two attached hydrogens (primary N) is 1. The largest absolute Gasteiger partial charge is 0.389 e. The van der Waals surface area contributed by atoms with Crippen LogP contribution in [0.2, 0.25) is 5.02 Å². The molecular weight excluding hydrogens is 266 g/mol. The average molecular weight is 278 g/mol. The minimum Gasteiger partial charge on any atom is -0.389 e. The van der Waals surface area contributed by atoms with Crippen LogP contribution in [0.25, 0.3) is 0 Å². The van der Waals surface area contributed by atoms with Crippen molar-refractivity contribution in [3.05, 3.63) is 53.3 Å². The molecule has 5 heteroatoms. The highest BCUT2D eigenvalue weighted by Crippen LogP contribution is 2.31. The minimum atomic E-state index is 0.364. The molecule has 0 spiro atoms. The molecule has 0 radical (unpaired) electrons. The van der Waals surface area contributed by atoms with Gasteiger partial charge in [0.05, 0.1) is 16.4 Å². The van der Waals surface area contributed by atoms with Crippen LogP contribution in [0.4, 0.5) is 11.4 Å². The molecule has 0 saturated carbocycles. The van der Waals surface area contributed by atoms with Gasteiger partial charge in [0.2, 0.25) is 0 Å². The fourth-order valence-corrected chi connectivity index (χ4v) is 2.16. The van der Waals surface area contributed by atoms with Gasteiger partial charge in [-0.1, -0.05) is 36.0 Å². The molecule has 1 heterocycles. The normalized spacial score (nSPS) is 10.1. The highest BCUT2D eigenvalue weighted by Gasteiger charge is 2.12. The molecule has 0 aliphatic rings. The zero-order valence-electron chi connectivity index (χ0n) is 9.80. The molecule has 0 saturated heterocycles. The first-order valence-corrected chi connectivity index (χ1v) is 6.12. The van der Waals surface area contributed by atoms with Gasteiger partial charge in [-0.15, -0.1) is 0 Å². The number of para-hydroxylation sites is 1. The van der Waals surface area contributed by atoms with Gasteiger partial charge in [-0.25, -0.2) is 0 Å². The van der Waals surface area contributed by atoms with Crippen molar-refractivity contribution >= 4 is 40.2 Å². The fourth-order valence-electron chi connectivity index (χ4n) is 1.74. The van der Waals surface area contributed by atoms with Crippen LogP contribution >= 0.6 is 23.8 Å². The van der Waals surface area contributed by atoms with Gasteiger partial charge in [0.15, 0.2) is 0 Å².